The number of halogens is 2. The highest BCUT2D eigenvalue weighted by Crippen LogP contribution is 2.38. The Labute approximate surface area is 194 Å². The van der Waals surface area contributed by atoms with Crippen LogP contribution in [-0.4, -0.2) is 50.6 Å². The number of hydrogen-bond acceptors (Lipinski definition) is 6. The third-order valence-corrected chi connectivity index (χ3v) is 6.01. The number of benzene rings is 1. The Morgan fingerprint density at radius 1 is 1.32 bits per heavy atom. The van der Waals surface area contributed by atoms with Crippen LogP contribution in [0.1, 0.15) is 30.8 Å². The Balaban J connectivity index is 1.51. The molecule has 0 radical (unpaired) electrons. The SMILES string of the molecule is NC1=Nc2cc(-c3ccn[nH]3)ccc2-c2c(nc(CNC(=O)C3CCCCO3)n2CC(F)F)C1. The summed E-state index contributed by atoms with van der Waals surface area (Å²) in [5, 5.41) is 9.68. The standard InChI is InChI=1S/C23H25F2N7O2/c24-19(25)12-32-21(11-27-23(33)18-3-1-2-8-34-18)30-17-10-20(26)29-16-9-13(15-6-7-28-31-15)4-5-14(16)22(17)32/h4-7,9,18-19H,1-3,8,10-12H2,(H2,26,29)(H,27,33)(H,28,31). The first-order valence-electron chi connectivity index (χ1n) is 11.2. The zero-order chi connectivity index (χ0) is 23.7. The number of imidazole rings is 1. The van der Waals surface area contributed by atoms with Crippen molar-refractivity contribution in [2.75, 3.05) is 6.61 Å². The van der Waals surface area contributed by atoms with Gasteiger partial charge in [0.15, 0.2) is 0 Å². The zero-order valence-electron chi connectivity index (χ0n) is 18.4. The van der Waals surface area contributed by atoms with E-state index in [-0.39, 0.29) is 18.9 Å². The van der Waals surface area contributed by atoms with Crippen molar-refractivity contribution in [2.24, 2.45) is 10.7 Å². The molecule has 11 heteroatoms. The van der Waals surface area contributed by atoms with Crippen LogP contribution >= 0.6 is 0 Å². The number of rotatable bonds is 6. The van der Waals surface area contributed by atoms with Gasteiger partial charge >= 0.3 is 0 Å². The van der Waals surface area contributed by atoms with Gasteiger partial charge in [-0.15, -0.1) is 0 Å². The molecule has 5 rings (SSSR count). The number of nitrogens with one attached hydrogen (secondary N) is 2. The molecule has 4 heterocycles. The first-order chi connectivity index (χ1) is 16.5. The largest absolute Gasteiger partial charge is 0.387 e. The van der Waals surface area contributed by atoms with Crippen LogP contribution in [0.2, 0.25) is 0 Å². The van der Waals surface area contributed by atoms with Gasteiger partial charge < -0.3 is 20.4 Å². The Morgan fingerprint density at radius 2 is 2.21 bits per heavy atom. The summed E-state index contributed by atoms with van der Waals surface area (Å²) in [6.07, 6.45) is 1.23. The molecule has 9 nitrogen and oxygen atoms in total. The molecule has 0 aliphatic carbocycles. The van der Waals surface area contributed by atoms with E-state index in [9.17, 15) is 13.6 Å². The van der Waals surface area contributed by atoms with Crippen LogP contribution in [0.15, 0.2) is 35.5 Å². The maximum Gasteiger partial charge on any atom is 0.256 e. The second-order valence-corrected chi connectivity index (χ2v) is 8.38. The maximum atomic E-state index is 13.6. The summed E-state index contributed by atoms with van der Waals surface area (Å²) in [5.41, 5.74) is 10.1. The highest BCUT2D eigenvalue weighted by molar-refractivity contribution is 5.93. The Morgan fingerprint density at radius 3 is 2.94 bits per heavy atom. The van der Waals surface area contributed by atoms with Crippen LogP contribution in [0.25, 0.3) is 22.5 Å². The van der Waals surface area contributed by atoms with Crippen LogP contribution in [0.3, 0.4) is 0 Å². The first kappa shape index (κ1) is 22.2. The molecule has 1 atom stereocenters. The Hall–Kier alpha value is -3.60. The number of fused-ring (bicyclic) bond motifs is 3. The quantitative estimate of drug-likeness (QED) is 0.512. The number of nitrogens with zero attached hydrogens (tertiary/aromatic N) is 4. The van der Waals surface area contributed by atoms with Gasteiger partial charge in [-0.05, 0) is 37.5 Å². The van der Waals surface area contributed by atoms with Gasteiger partial charge in [-0.3, -0.25) is 9.89 Å². The summed E-state index contributed by atoms with van der Waals surface area (Å²) in [7, 11) is 0. The minimum atomic E-state index is -2.61. The van der Waals surface area contributed by atoms with E-state index < -0.39 is 19.1 Å². The Bertz CT molecular complexity index is 1210. The second-order valence-electron chi connectivity index (χ2n) is 8.38. The number of aromatic nitrogens is 4. The van der Waals surface area contributed by atoms with Crippen LogP contribution in [-0.2, 0) is 29.0 Å². The van der Waals surface area contributed by atoms with Gasteiger partial charge in [-0.2, -0.15) is 5.10 Å². The molecule has 3 aromatic rings. The van der Waals surface area contributed by atoms with Crippen molar-refractivity contribution in [3.05, 3.63) is 42.0 Å². The van der Waals surface area contributed by atoms with Crippen LogP contribution in [0, 0.1) is 0 Å². The lowest BCUT2D eigenvalue weighted by Gasteiger charge is -2.21. The Kier molecular flexibility index (Phi) is 6.10. The summed E-state index contributed by atoms with van der Waals surface area (Å²) in [6.45, 7) is -0.00550. The smallest absolute Gasteiger partial charge is 0.256 e. The van der Waals surface area contributed by atoms with Crippen LogP contribution in [0.4, 0.5) is 14.5 Å². The van der Waals surface area contributed by atoms with Crippen molar-refractivity contribution < 1.29 is 18.3 Å². The second kappa shape index (κ2) is 9.34. The minimum absolute atomic E-state index is 0.0109. The van der Waals surface area contributed by atoms with E-state index in [4.69, 9.17) is 10.5 Å². The van der Waals surface area contributed by atoms with Crippen molar-refractivity contribution in [1.29, 1.82) is 0 Å². The number of amides is 1. The predicted octanol–water partition coefficient (Wildman–Crippen LogP) is 2.94. The molecule has 178 valence electrons. The number of carbonyl (C=O) groups excluding carboxylic acids is 1. The number of nitrogens with two attached hydrogens (primary N) is 1. The lowest BCUT2D eigenvalue weighted by atomic mass is 10.0. The molecule has 2 aliphatic heterocycles. The first-order valence-corrected chi connectivity index (χ1v) is 11.2. The highest BCUT2D eigenvalue weighted by atomic mass is 19.3. The number of H-pyrrole nitrogens is 1. The van der Waals surface area contributed by atoms with Gasteiger partial charge in [0.1, 0.15) is 17.8 Å². The summed E-state index contributed by atoms with van der Waals surface area (Å²) < 4.78 is 34.2. The molecular formula is C23H25F2N7O2. The van der Waals surface area contributed by atoms with E-state index in [1.54, 1.807) is 6.20 Å². The molecule has 0 spiro atoms. The van der Waals surface area contributed by atoms with Crippen molar-refractivity contribution in [3.8, 4) is 22.5 Å². The molecule has 0 saturated carbocycles. The van der Waals surface area contributed by atoms with Gasteiger partial charge in [0.2, 0.25) is 5.91 Å². The molecule has 4 N–H and O–H groups in total. The van der Waals surface area contributed by atoms with E-state index >= 15 is 0 Å². The predicted molar refractivity (Wildman–Crippen MR) is 122 cm³/mol. The molecule has 34 heavy (non-hydrogen) atoms. The topological polar surface area (TPSA) is 123 Å². The number of ether oxygens (including phenoxy) is 1. The van der Waals surface area contributed by atoms with Gasteiger partial charge in [0.25, 0.3) is 6.43 Å². The van der Waals surface area contributed by atoms with Gasteiger partial charge in [0.05, 0.1) is 35.9 Å². The van der Waals surface area contributed by atoms with Gasteiger partial charge in [-0.1, -0.05) is 6.07 Å². The average Bonchev–Trinajstić information content (AvgIpc) is 3.44. The molecule has 1 aromatic carbocycles. The number of aromatic amines is 1. The number of carbonyl (C=O) groups is 1. The third kappa shape index (κ3) is 4.43. The van der Waals surface area contributed by atoms with Crippen molar-refractivity contribution in [2.45, 2.75) is 51.3 Å². The lowest BCUT2D eigenvalue weighted by Crippen LogP contribution is -2.38. The zero-order valence-corrected chi connectivity index (χ0v) is 18.4. The summed E-state index contributed by atoms with van der Waals surface area (Å²) in [4.78, 5) is 21.7. The van der Waals surface area contributed by atoms with Gasteiger partial charge in [0, 0.05) is 30.4 Å². The number of amidine groups is 1. The third-order valence-electron chi connectivity index (χ3n) is 6.01. The fraction of sp³-hybridized carbons (Fsp3) is 0.391. The normalized spacial score (nSPS) is 17.6. The summed E-state index contributed by atoms with van der Waals surface area (Å²) in [6, 6.07) is 7.37. The molecule has 1 saturated heterocycles. The van der Waals surface area contributed by atoms with Crippen LogP contribution in [0.5, 0.6) is 0 Å². The molecule has 2 aromatic heterocycles. The van der Waals surface area contributed by atoms with E-state index in [1.807, 2.05) is 24.3 Å². The number of hydrogen-bond donors (Lipinski definition) is 3. The summed E-state index contributed by atoms with van der Waals surface area (Å²) >= 11 is 0. The van der Waals surface area contributed by atoms with Gasteiger partial charge in [-0.25, -0.2) is 18.8 Å². The molecule has 2 aliphatic rings. The van der Waals surface area contributed by atoms with E-state index in [0.717, 1.165) is 24.1 Å². The molecule has 1 fully saturated rings. The van der Waals surface area contributed by atoms with Crippen molar-refractivity contribution in [1.82, 2.24) is 25.1 Å². The monoisotopic (exact) mass is 469 g/mol. The van der Waals surface area contributed by atoms with E-state index in [1.165, 1.54) is 4.57 Å². The minimum Gasteiger partial charge on any atom is -0.387 e. The van der Waals surface area contributed by atoms with Crippen molar-refractivity contribution >= 4 is 17.4 Å². The maximum absolute atomic E-state index is 13.6. The molecule has 1 unspecified atom stereocenters. The molecular weight excluding hydrogens is 444 g/mol. The molecule has 0 bridgehead atoms. The van der Waals surface area contributed by atoms with E-state index in [0.29, 0.717) is 47.3 Å². The van der Waals surface area contributed by atoms with Crippen molar-refractivity contribution in [3.63, 3.8) is 0 Å². The fourth-order valence-corrected chi connectivity index (χ4v) is 4.45. The van der Waals surface area contributed by atoms with E-state index in [2.05, 4.69) is 25.5 Å². The lowest BCUT2D eigenvalue weighted by molar-refractivity contribution is -0.135. The average molecular weight is 469 g/mol. The number of alkyl halides is 2. The van der Waals surface area contributed by atoms with Crippen LogP contribution < -0.4 is 11.1 Å². The fourth-order valence-electron chi connectivity index (χ4n) is 4.45. The summed E-state index contributed by atoms with van der Waals surface area (Å²) in [5.74, 6) is 0.412. The highest BCUT2D eigenvalue weighted by Gasteiger charge is 2.27. The number of aliphatic imine (C=N–C) groups is 1. The molecule has 1 amide bonds.